The Hall–Kier alpha value is -0.810. The van der Waals surface area contributed by atoms with Crippen molar-refractivity contribution in [3.8, 4) is 0 Å². The molecule has 3 saturated heterocycles. The van der Waals surface area contributed by atoms with E-state index in [0.29, 0.717) is 0 Å². The van der Waals surface area contributed by atoms with Gasteiger partial charge in [0.15, 0.2) is 0 Å². The first-order valence-corrected chi connectivity index (χ1v) is 7.54. The monoisotopic (exact) mass is 267 g/mol. The average molecular weight is 267 g/mol. The van der Waals surface area contributed by atoms with Gasteiger partial charge < -0.3 is 19.9 Å². The second kappa shape index (κ2) is 5.29. The summed E-state index contributed by atoms with van der Waals surface area (Å²) in [6, 6.07) is 0. The highest BCUT2D eigenvalue weighted by atomic mass is 16.6. The van der Waals surface area contributed by atoms with E-state index in [1.165, 1.54) is 32.5 Å². The van der Waals surface area contributed by atoms with Crippen LogP contribution in [0.25, 0.3) is 0 Å². The van der Waals surface area contributed by atoms with Gasteiger partial charge in [-0.15, -0.1) is 0 Å². The van der Waals surface area contributed by atoms with Crippen LogP contribution in [-0.2, 0) is 4.74 Å². The molecule has 0 bridgehead atoms. The Morgan fingerprint density at radius 2 is 2.21 bits per heavy atom. The van der Waals surface area contributed by atoms with E-state index in [2.05, 4.69) is 10.2 Å². The summed E-state index contributed by atoms with van der Waals surface area (Å²) in [5.74, 6) is 0.802. The van der Waals surface area contributed by atoms with Crippen molar-refractivity contribution in [1.82, 2.24) is 15.1 Å². The van der Waals surface area contributed by atoms with Gasteiger partial charge >= 0.3 is 6.09 Å². The largest absolute Gasteiger partial charge is 0.441 e. The maximum atomic E-state index is 11.5. The zero-order chi connectivity index (χ0) is 13.3. The van der Waals surface area contributed by atoms with Gasteiger partial charge in [0.05, 0.1) is 6.54 Å². The normalized spacial score (nSPS) is 31.7. The Morgan fingerprint density at radius 1 is 1.42 bits per heavy atom. The summed E-state index contributed by atoms with van der Waals surface area (Å²) < 4.78 is 5.59. The van der Waals surface area contributed by atoms with Crippen molar-refractivity contribution >= 4 is 6.09 Å². The Balaban J connectivity index is 1.48. The predicted molar refractivity (Wildman–Crippen MR) is 73.1 cm³/mol. The van der Waals surface area contributed by atoms with Crippen molar-refractivity contribution < 1.29 is 9.53 Å². The molecule has 0 radical (unpaired) electrons. The molecule has 5 heteroatoms. The van der Waals surface area contributed by atoms with Crippen LogP contribution in [0.3, 0.4) is 0 Å². The zero-order valence-electron chi connectivity index (χ0n) is 11.9. The number of ether oxygens (including phenoxy) is 1. The van der Waals surface area contributed by atoms with Gasteiger partial charge in [-0.05, 0) is 31.8 Å². The highest BCUT2D eigenvalue weighted by molar-refractivity contribution is 5.70. The predicted octanol–water partition coefficient (Wildman–Crippen LogP) is 0.903. The number of piperidine rings is 2. The summed E-state index contributed by atoms with van der Waals surface area (Å²) in [6.45, 7) is 6.45. The molecule has 1 amide bonds. The van der Waals surface area contributed by atoms with Crippen molar-refractivity contribution in [2.75, 3.05) is 46.3 Å². The quantitative estimate of drug-likeness (QED) is 0.807. The molecular weight excluding hydrogens is 242 g/mol. The van der Waals surface area contributed by atoms with E-state index < -0.39 is 0 Å². The van der Waals surface area contributed by atoms with Crippen LogP contribution >= 0.6 is 0 Å². The Labute approximate surface area is 115 Å². The number of hydrogen-bond donors (Lipinski definition) is 1. The molecule has 5 nitrogen and oxygen atoms in total. The lowest BCUT2D eigenvalue weighted by atomic mass is 9.90. The Bertz CT molecular complexity index is 334. The SMILES string of the molecule is CN1CC2(CCN(CC3CCCNC3)CC2)OC1=O. The summed E-state index contributed by atoms with van der Waals surface area (Å²) in [6.07, 6.45) is 4.49. The van der Waals surface area contributed by atoms with Crippen LogP contribution in [0.15, 0.2) is 0 Å². The first kappa shape index (κ1) is 13.2. The number of rotatable bonds is 2. The number of likely N-dealkylation sites (N-methyl/N-ethyl adjacent to an activating group) is 1. The smallest absolute Gasteiger partial charge is 0.410 e. The lowest BCUT2D eigenvalue weighted by molar-refractivity contribution is -0.00333. The third-order valence-corrected chi connectivity index (χ3v) is 4.82. The molecular formula is C14H25N3O2. The highest BCUT2D eigenvalue weighted by Crippen LogP contribution is 2.32. The number of carbonyl (C=O) groups is 1. The lowest BCUT2D eigenvalue weighted by Gasteiger charge is -2.39. The molecule has 19 heavy (non-hydrogen) atoms. The van der Waals surface area contributed by atoms with E-state index in [1.54, 1.807) is 4.90 Å². The number of likely N-dealkylation sites (tertiary alicyclic amines) is 1. The van der Waals surface area contributed by atoms with Gasteiger partial charge in [-0.3, -0.25) is 0 Å². The molecule has 0 saturated carbocycles. The maximum absolute atomic E-state index is 11.5. The fourth-order valence-corrected chi connectivity index (χ4v) is 3.64. The van der Waals surface area contributed by atoms with Crippen LogP contribution in [0.5, 0.6) is 0 Å². The third kappa shape index (κ3) is 2.87. The minimum Gasteiger partial charge on any atom is -0.441 e. The van der Waals surface area contributed by atoms with Crippen LogP contribution in [0, 0.1) is 5.92 Å². The standard InChI is InChI=1S/C14H25N3O2/c1-16-11-14(19-13(16)18)4-7-17(8-5-14)10-12-3-2-6-15-9-12/h12,15H,2-11H2,1H3. The van der Waals surface area contributed by atoms with Gasteiger partial charge in [0.1, 0.15) is 5.60 Å². The average Bonchev–Trinajstić information content (AvgIpc) is 2.69. The molecule has 108 valence electrons. The van der Waals surface area contributed by atoms with Crippen LogP contribution in [0.2, 0.25) is 0 Å². The minimum atomic E-state index is -0.187. The van der Waals surface area contributed by atoms with E-state index in [9.17, 15) is 4.79 Å². The molecule has 3 fully saturated rings. The van der Waals surface area contributed by atoms with Crippen molar-refractivity contribution in [3.63, 3.8) is 0 Å². The van der Waals surface area contributed by atoms with Crippen molar-refractivity contribution in [3.05, 3.63) is 0 Å². The summed E-state index contributed by atoms with van der Waals surface area (Å²) in [4.78, 5) is 15.8. The molecule has 1 atom stereocenters. The van der Waals surface area contributed by atoms with Crippen LogP contribution in [0.4, 0.5) is 4.79 Å². The molecule has 0 aromatic carbocycles. The summed E-state index contributed by atoms with van der Waals surface area (Å²) >= 11 is 0. The maximum Gasteiger partial charge on any atom is 0.410 e. The molecule has 3 aliphatic rings. The van der Waals surface area contributed by atoms with Gasteiger partial charge in [-0.2, -0.15) is 0 Å². The van der Waals surface area contributed by atoms with Gasteiger partial charge in [0.2, 0.25) is 0 Å². The number of nitrogens with zero attached hydrogens (tertiary/aromatic N) is 2. The van der Waals surface area contributed by atoms with Crippen LogP contribution in [-0.4, -0.2) is 67.8 Å². The first-order valence-electron chi connectivity index (χ1n) is 7.54. The topological polar surface area (TPSA) is 44.8 Å². The molecule has 3 rings (SSSR count). The van der Waals surface area contributed by atoms with E-state index in [0.717, 1.165) is 38.4 Å². The van der Waals surface area contributed by atoms with Gasteiger partial charge in [0, 0.05) is 39.5 Å². The molecule has 3 aliphatic heterocycles. The molecule has 0 aromatic rings. The summed E-state index contributed by atoms with van der Waals surface area (Å²) in [7, 11) is 1.83. The molecule has 1 N–H and O–H groups in total. The number of hydrogen-bond acceptors (Lipinski definition) is 4. The minimum absolute atomic E-state index is 0.148. The fraction of sp³-hybridized carbons (Fsp3) is 0.929. The lowest BCUT2D eigenvalue weighted by Crippen LogP contribution is -2.49. The molecule has 0 aliphatic carbocycles. The van der Waals surface area contributed by atoms with E-state index in [-0.39, 0.29) is 11.7 Å². The fourth-order valence-electron chi connectivity index (χ4n) is 3.64. The number of nitrogens with one attached hydrogen (secondary N) is 1. The van der Waals surface area contributed by atoms with Gasteiger partial charge in [-0.25, -0.2) is 4.79 Å². The second-order valence-corrected chi connectivity index (χ2v) is 6.42. The zero-order valence-corrected chi connectivity index (χ0v) is 11.9. The molecule has 1 spiro atoms. The molecule has 0 aromatic heterocycles. The second-order valence-electron chi connectivity index (χ2n) is 6.42. The van der Waals surface area contributed by atoms with Crippen LogP contribution in [0.1, 0.15) is 25.7 Å². The van der Waals surface area contributed by atoms with Crippen molar-refractivity contribution in [1.29, 1.82) is 0 Å². The number of carbonyl (C=O) groups excluding carboxylic acids is 1. The molecule has 1 unspecified atom stereocenters. The highest BCUT2D eigenvalue weighted by Gasteiger charge is 2.45. The van der Waals surface area contributed by atoms with Crippen molar-refractivity contribution in [2.45, 2.75) is 31.3 Å². The van der Waals surface area contributed by atoms with Gasteiger partial charge in [0.25, 0.3) is 0 Å². The van der Waals surface area contributed by atoms with Crippen LogP contribution < -0.4 is 5.32 Å². The van der Waals surface area contributed by atoms with E-state index in [4.69, 9.17) is 4.74 Å². The van der Waals surface area contributed by atoms with Crippen molar-refractivity contribution in [2.24, 2.45) is 5.92 Å². The molecule has 3 heterocycles. The van der Waals surface area contributed by atoms with E-state index >= 15 is 0 Å². The Morgan fingerprint density at radius 3 is 2.79 bits per heavy atom. The van der Waals surface area contributed by atoms with Gasteiger partial charge in [-0.1, -0.05) is 0 Å². The van der Waals surface area contributed by atoms with E-state index in [1.807, 2.05) is 7.05 Å². The Kier molecular flexibility index (Phi) is 3.67. The summed E-state index contributed by atoms with van der Waals surface area (Å²) in [5.41, 5.74) is -0.187. The number of amides is 1. The summed E-state index contributed by atoms with van der Waals surface area (Å²) in [5, 5.41) is 3.48. The first-order chi connectivity index (χ1) is 9.17. The third-order valence-electron chi connectivity index (χ3n) is 4.82.